The van der Waals surface area contributed by atoms with Gasteiger partial charge in [-0.3, -0.25) is 14.3 Å². The molecule has 1 aliphatic heterocycles. The average Bonchev–Trinajstić information content (AvgIpc) is 3.25. The minimum absolute atomic E-state index is 0.0846. The Hall–Kier alpha value is -2.87. The van der Waals surface area contributed by atoms with Gasteiger partial charge in [0.25, 0.3) is 5.91 Å². The van der Waals surface area contributed by atoms with Crippen molar-refractivity contribution in [2.24, 2.45) is 7.05 Å². The maximum absolute atomic E-state index is 12.2. The van der Waals surface area contributed by atoms with Crippen molar-refractivity contribution in [1.82, 2.24) is 24.3 Å². The van der Waals surface area contributed by atoms with Gasteiger partial charge in [-0.1, -0.05) is 6.42 Å². The Balaban J connectivity index is 1.56. The summed E-state index contributed by atoms with van der Waals surface area (Å²) >= 11 is 0. The fraction of sp³-hybridized carbons (Fsp3) is 0.450. The summed E-state index contributed by atoms with van der Waals surface area (Å²) in [5.41, 5.74) is 2.88. The number of fused-ring (bicyclic) bond motifs is 1. The molecule has 1 fully saturated rings. The molecule has 0 aromatic carbocycles. The maximum atomic E-state index is 12.2. The number of hydrogen-bond acceptors (Lipinski definition) is 5. The molecule has 1 atom stereocenters. The van der Waals surface area contributed by atoms with E-state index >= 15 is 0 Å². The lowest BCUT2D eigenvalue weighted by atomic mass is 9.99. The lowest BCUT2D eigenvalue weighted by Crippen LogP contribution is -2.37. The van der Waals surface area contributed by atoms with E-state index in [0.717, 1.165) is 38.0 Å². The summed E-state index contributed by atoms with van der Waals surface area (Å²) in [6, 6.07) is 7.65. The average molecular weight is 383 g/mol. The molecule has 0 bridgehead atoms. The number of rotatable bonds is 5. The van der Waals surface area contributed by atoms with E-state index in [4.69, 9.17) is 4.42 Å². The number of piperidine rings is 1. The first-order chi connectivity index (χ1) is 13.6. The van der Waals surface area contributed by atoms with Crippen molar-refractivity contribution in [3.63, 3.8) is 0 Å². The van der Waals surface area contributed by atoms with Gasteiger partial charge in [0.15, 0.2) is 11.2 Å². The van der Waals surface area contributed by atoms with Crippen LogP contribution in [0.5, 0.6) is 0 Å². The summed E-state index contributed by atoms with van der Waals surface area (Å²) in [6.45, 7) is 2.20. The molecule has 4 heterocycles. The van der Waals surface area contributed by atoms with Crippen LogP contribution in [0.25, 0.3) is 11.2 Å². The zero-order valence-corrected chi connectivity index (χ0v) is 16.2. The molecule has 1 unspecified atom stereocenters. The third-order valence-corrected chi connectivity index (χ3v) is 5.61. The minimum atomic E-state index is -0.372. The predicted octanol–water partition coefficient (Wildman–Crippen LogP) is 1.91. The molecule has 3 aromatic heterocycles. The molecule has 8 nitrogen and oxygen atoms in total. The van der Waals surface area contributed by atoms with E-state index in [1.165, 1.54) is 0 Å². The molecule has 28 heavy (non-hydrogen) atoms. The van der Waals surface area contributed by atoms with E-state index in [0.29, 0.717) is 23.5 Å². The highest BCUT2D eigenvalue weighted by Crippen LogP contribution is 2.31. The van der Waals surface area contributed by atoms with Crippen LogP contribution in [0, 0.1) is 0 Å². The molecule has 1 amide bonds. The first kappa shape index (κ1) is 18.5. The van der Waals surface area contributed by atoms with Gasteiger partial charge in [-0.15, -0.1) is 0 Å². The van der Waals surface area contributed by atoms with Gasteiger partial charge in [0, 0.05) is 39.1 Å². The van der Waals surface area contributed by atoms with Crippen molar-refractivity contribution in [3.8, 4) is 0 Å². The molecule has 0 radical (unpaired) electrons. The molecule has 0 spiro atoms. The van der Waals surface area contributed by atoms with Crippen molar-refractivity contribution in [1.29, 1.82) is 0 Å². The highest BCUT2D eigenvalue weighted by molar-refractivity contribution is 5.92. The number of pyridine rings is 1. The molecular formula is C20H25N5O3. The van der Waals surface area contributed by atoms with E-state index in [1.807, 2.05) is 23.7 Å². The van der Waals surface area contributed by atoms with Crippen LogP contribution in [0.15, 0.2) is 39.7 Å². The smallest absolute Gasteiger partial charge is 0.406 e. The fourth-order valence-electron chi connectivity index (χ4n) is 4.14. The Morgan fingerprint density at radius 1 is 1.29 bits per heavy atom. The Labute approximate surface area is 162 Å². The second kappa shape index (κ2) is 7.63. The van der Waals surface area contributed by atoms with Crippen molar-refractivity contribution in [2.45, 2.75) is 31.8 Å². The van der Waals surface area contributed by atoms with E-state index in [9.17, 15) is 9.59 Å². The number of nitrogens with one attached hydrogen (secondary N) is 1. The van der Waals surface area contributed by atoms with Gasteiger partial charge < -0.3 is 14.3 Å². The Morgan fingerprint density at radius 3 is 2.96 bits per heavy atom. The lowest BCUT2D eigenvalue weighted by Gasteiger charge is -2.36. The predicted molar refractivity (Wildman–Crippen MR) is 105 cm³/mol. The quantitative estimate of drug-likeness (QED) is 0.728. The number of oxazole rings is 1. The first-order valence-electron chi connectivity index (χ1n) is 9.66. The third-order valence-electron chi connectivity index (χ3n) is 5.61. The van der Waals surface area contributed by atoms with Gasteiger partial charge in [-0.25, -0.2) is 9.78 Å². The summed E-state index contributed by atoms with van der Waals surface area (Å²) < 4.78 is 8.86. The number of amides is 1. The van der Waals surface area contributed by atoms with Crippen LogP contribution in [-0.4, -0.2) is 45.1 Å². The second-order valence-electron chi connectivity index (χ2n) is 7.17. The Kier molecular flexibility index (Phi) is 5.04. The van der Waals surface area contributed by atoms with Crippen molar-refractivity contribution < 1.29 is 9.21 Å². The standard InChI is InChI=1S/C20H25N5O3/c1-21-19(26)16-9-8-14(23(16)2)15-6-3-4-11-24(15)12-13-25-18-17(28-20(25)27)7-5-10-22-18/h5,7-10,15H,3-4,6,11-13H2,1-2H3,(H,21,26). The van der Waals surface area contributed by atoms with E-state index in [1.54, 1.807) is 29.9 Å². The zero-order valence-electron chi connectivity index (χ0n) is 16.2. The number of likely N-dealkylation sites (tertiary alicyclic amines) is 1. The number of carbonyl (C=O) groups is 1. The molecule has 8 heteroatoms. The molecule has 3 aromatic rings. The van der Waals surface area contributed by atoms with Crippen molar-refractivity contribution >= 4 is 17.1 Å². The molecule has 1 N–H and O–H groups in total. The molecular weight excluding hydrogens is 358 g/mol. The molecule has 0 aliphatic carbocycles. The summed E-state index contributed by atoms with van der Waals surface area (Å²) in [6.07, 6.45) is 4.98. The van der Waals surface area contributed by atoms with Gasteiger partial charge in [0.1, 0.15) is 5.69 Å². The number of carbonyl (C=O) groups excluding carboxylic acids is 1. The Morgan fingerprint density at radius 2 is 2.14 bits per heavy atom. The van der Waals surface area contributed by atoms with Crippen molar-refractivity contribution in [3.05, 3.63) is 52.4 Å². The number of hydrogen-bond donors (Lipinski definition) is 1. The van der Waals surface area contributed by atoms with Crippen LogP contribution in [-0.2, 0) is 13.6 Å². The van der Waals surface area contributed by atoms with E-state index in [2.05, 4.69) is 15.2 Å². The van der Waals surface area contributed by atoms with Crippen molar-refractivity contribution in [2.75, 3.05) is 20.1 Å². The van der Waals surface area contributed by atoms with Crippen LogP contribution < -0.4 is 11.1 Å². The summed E-state index contributed by atoms with van der Waals surface area (Å²) in [5, 5.41) is 2.69. The monoisotopic (exact) mass is 383 g/mol. The van der Waals surface area contributed by atoms with Gasteiger partial charge in [-0.2, -0.15) is 0 Å². The molecule has 4 rings (SSSR count). The SMILES string of the molecule is CNC(=O)c1ccc(C2CCCCN2CCn2c(=O)oc3cccnc32)n1C. The third kappa shape index (κ3) is 3.24. The van der Waals surface area contributed by atoms with Gasteiger partial charge in [0.05, 0.1) is 6.04 Å². The molecule has 148 valence electrons. The topological polar surface area (TPSA) is 85.3 Å². The summed E-state index contributed by atoms with van der Waals surface area (Å²) in [5.74, 6) is -0.457. The van der Waals surface area contributed by atoms with Crippen LogP contribution in [0.1, 0.15) is 41.5 Å². The highest BCUT2D eigenvalue weighted by Gasteiger charge is 2.27. The molecule has 1 saturated heterocycles. The maximum Gasteiger partial charge on any atom is 0.421 e. The van der Waals surface area contributed by atoms with Crippen LogP contribution in [0.4, 0.5) is 0 Å². The number of aromatic nitrogens is 3. The van der Waals surface area contributed by atoms with Crippen LogP contribution in [0.2, 0.25) is 0 Å². The highest BCUT2D eigenvalue weighted by atomic mass is 16.4. The van der Waals surface area contributed by atoms with Gasteiger partial charge in [-0.05, 0) is 43.7 Å². The van der Waals surface area contributed by atoms with Crippen LogP contribution >= 0.6 is 0 Å². The zero-order chi connectivity index (χ0) is 19.7. The largest absolute Gasteiger partial charge is 0.421 e. The Bertz CT molecular complexity index is 1050. The summed E-state index contributed by atoms with van der Waals surface area (Å²) in [4.78, 5) is 31.0. The second-order valence-corrected chi connectivity index (χ2v) is 7.17. The fourth-order valence-corrected chi connectivity index (χ4v) is 4.14. The minimum Gasteiger partial charge on any atom is -0.406 e. The van der Waals surface area contributed by atoms with Gasteiger partial charge >= 0.3 is 5.76 Å². The lowest BCUT2D eigenvalue weighted by molar-refractivity contribution is 0.0952. The first-order valence-corrected chi connectivity index (χ1v) is 9.66. The number of nitrogens with zero attached hydrogens (tertiary/aromatic N) is 4. The van der Waals surface area contributed by atoms with Gasteiger partial charge in [0.2, 0.25) is 0 Å². The molecule has 1 aliphatic rings. The van der Waals surface area contributed by atoms with E-state index in [-0.39, 0.29) is 17.7 Å². The normalized spacial score (nSPS) is 17.9. The summed E-state index contributed by atoms with van der Waals surface area (Å²) in [7, 11) is 3.58. The van der Waals surface area contributed by atoms with E-state index < -0.39 is 0 Å². The van der Waals surface area contributed by atoms with Crippen LogP contribution in [0.3, 0.4) is 0 Å². The molecule has 0 saturated carbocycles.